The maximum Gasteiger partial charge on any atom is 0.311 e. The number of unbranched alkanes of at least 4 members (excludes halogenated alkanes) is 14. The Kier molecular flexibility index (Phi) is 15.7. The molecule has 0 bridgehead atoms. The largest absolute Gasteiger partial charge is 0.465 e. The molecule has 0 aromatic carbocycles. The molecule has 3 heteroatoms. The van der Waals surface area contributed by atoms with Gasteiger partial charge in [0, 0.05) is 4.88 Å². The number of ether oxygens (including phenoxy) is 1. The summed E-state index contributed by atoms with van der Waals surface area (Å²) in [5.74, 6) is -0.0854. The van der Waals surface area contributed by atoms with Gasteiger partial charge in [-0.25, -0.2) is 0 Å². The van der Waals surface area contributed by atoms with Gasteiger partial charge < -0.3 is 4.74 Å². The third-order valence-electron chi connectivity index (χ3n) is 4.91. The maximum atomic E-state index is 11.6. The Morgan fingerprint density at radius 2 is 1.31 bits per heavy atom. The quantitative estimate of drug-likeness (QED) is 0.192. The van der Waals surface area contributed by atoms with Crippen LogP contribution in [0.1, 0.15) is 108 Å². The van der Waals surface area contributed by atoms with E-state index in [2.05, 4.69) is 6.92 Å². The van der Waals surface area contributed by atoms with Crippen LogP contribution in [0.15, 0.2) is 17.5 Å². The molecule has 0 aliphatic carbocycles. The summed E-state index contributed by atoms with van der Waals surface area (Å²) < 4.78 is 5.30. The van der Waals surface area contributed by atoms with Crippen molar-refractivity contribution >= 4 is 17.3 Å². The Morgan fingerprint density at radius 3 is 1.77 bits per heavy atom. The van der Waals surface area contributed by atoms with Gasteiger partial charge in [0.1, 0.15) is 0 Å². The van der Waals surface area contributed by atoms with Crippen molar-refractivity contribution in [3.63, 3.8) is 0 Å². The van der Waals surface area contributed by atoms with E-state index in [1.807, 2.05) is 17.5 Å². The third-order valence-corrected chi connectivity index (χ3v) is 5.79. The fraction of sp³-hybridized carbons (Fsp3) is 0.783. The first-order valence-electron chi connectivity index (χ1n) is 11.0. The van der Waals surface area contributed by atoms with Gasteiger partial charge >= 0.3 is 5.97 Å². The van der Waals surface area contributed by atoms with Crippen LogP contribution < -0.4 is 0 Å². The van der Waals surface area contributed by atoms with Crippen LogP contribution in [-0.4, -0.2) is 12.6 Å². The lowest BCUT2D eigenvalue weighted by molar-refractivity contribution is -0.142. The van der Waals surface area contributed by atoms with Gasteiger partial charge in [-0.3, -0.25) is 4.79 Å². The van der Waals surface area contributed by atoms with Crippen LogP contribution in [0.25, 0.3) is 0 Å². The summed E-state index contributed by atoms with van der Waals surface area (Å²) in [5, 5.41) is 2.00. The van der Waals surface area contributed by atoms with Gasteiger partial charge in [0.25, 0.3) is 0 Å². The molecule has 1 aromatic rings. The van der Waals surface area contributed by atoms with Crippen molar-refractivity contribution < 1.29 is 9.53 Å². The fourth-order valence-corrected chi connectivity index (χ4v) is 3.96. The number of rotatable bonds is 18. The predicted octanol–water partition coefficient (Wildman–Crippen LogP) is 7.71. The number of hydrogen-bond donors (Lipinski definition) is 0. The number of thiophene rings is 1. The molecule has 0 fully saturated rings. The average molecular weight is 381 g/mol. The first-order chi connectivity index (χ1) is 12.8. The second-order valence-electron chi connectivity index (χ2n) is 7.43. The molecule has 0 aliphatic heterocycles. The van der Waals surface area contributed by atoms with Crippen LogP contribution in [0, 0.1) is 0 Å². The number of hydrogen-bond acceptors (Lipinski definition) is 3. The van der Waals surface area contributed by atoms with Gasteiger partial charge in [0.2, 0.25) is 0 Å². The Hall–Kier alpha value is -0.830. The van der Waals surface area contributed by atoms with E-state index < -0.39 is 0 Å². The van der Waals surface area contributed by atoms with E-state index in [4.69, 9.17) is 4.74 Å². The van der Waals surface area contributed by atoms with E-state index in [1.54, 1.807) is 11.3 Å². The molecule has 1 rings (SSSR count). The average Bonchev–Trinajstić information content (AvgIpc) is 3.14. The lowest BCUT2D eigenvalue weighted by Crippen LogP contribution is -2.08. The monoisotopic (exact) mass is 380 g/mol. The van der Waals surface area contributed by atoms with Gasteiger partial charge in [-0.2, -0.15) is 0 Å². The van der Waals surface area contributed by atoms with Gasteiger partial charge in [-0.05, 0) is 17.9 Å². The van der Waals surface area contributed by atoms with Crippen LogP contribution in [-0.2, 0) is 16.0 Å². The molecule has 26 heavy (non-hydrogen) atoms. The van der Waals surface area contributed by atoms with E-state index >= 15 is 0 Å². The number of carbonyl (C=O) groups excluding carboxylic acids is 1. The van der Waals surface area contributed by atoms with Gasteiger partial charge in [-0.15, -0.1) is 11.3 Å². The minimum Gasteiger partial charge on any atom is -0.465 e. The van der Waals surface area contributed by atoms with E-state index in [-0.39, 0.29) is 5.97 Å². The highest BCUT2D eigenvalue weighted by molar-refractivity contribution is 7.10. The summed E-state index contributed by atoms with van der Waals surface area (Å²) >= 11 is 1.62. The molecule has 0 radical (unpaired) electrons. The molecule has 0 aliphatic rings. The molecule has 0 saturated carbocycles. The molecular formula is C23H40O2S. The smallest absolute Gasteiger partial charge is 0.311 e. The van der Waals surface area contributed by atoms with Crippen LogP contribution in [0.3, 0.4) is 0 Å². The predicted molar refractivity (Wildman–Crippen MR) is 114 cm³/mol. The lowest BCUT2D eigenvalue weighted by Gasteiger charge is -2.05. The van der Waals surface area contributed by atoms with E-state index in [9.17, 15) is 4.79 Å². The van der Waals surface area contributed by atoms with E-state index in [0.29, 0.717) is 13.0 Å². The number of carbonyl (C=O) groups is 1. The molecule has 0 N–H and O–H groups in total. The molecule has 0 atom stereocenters. The second-order valence-corrected chi connectivity index (χ2v) is 8.46. The van der Waals surface area contributed by atoms with Crippen LogP contribution in [0.5, 0.6) is 0 Å². The molecule has 0 saturated heterocycles. The first kappa shape index (κ1) is 23.2. The Balaban J connectivity index is 1.72. The molecule has 0 spiro atoms. The van der Waals surface area contributed by atoms with Crippen molar-refractivity contribution in [1.29, 1.82) is 0 Å². The third kappa shape index (κ3) is 14.4. The fourth-order valence-electron chi connectivity index (χ4n) is 3.27. The highest BCUT2D eigenvalue weighted by atomic mass is 32.1. The minimum absolute atomic E-state index is 0.0854. The summed E-state index contributed by atoms with van der Waals surface area (Å²) in [4.78, 5) is 12.7. The molecule has 1 heterocycles. The first-order valence-corrected chi connectivity index (χ1v) is 11.9. The molecular weight excluding hydrogens is 340 g/mol. The van der Waals surface area contributed by atoms with Crippen LogP contribution >= 0.6 is 11.3 Å². The van der Waals surface area contributed by atoms with Crippen molar-refractivity contribution in [2.24, 2.45) is 0 Å². The highest BCUT2D eigenvalue weighted by Gasteiger charge is 2.05. The minimum atomic E-state index is -0.0854. The molecule has 1 aromatic heterocycles. The SMILES string of the molecule is CCCCCCCCCCCCCCCCCOC(=O)Cc1cccs1. The summed E-state index contributed by atoms with van der Waals surface area (Å²) in [6.45, 7) is 2.87. The van der Waals surface area contributed by atoms with Crippen molar-refractivity contribution in [2.45, 2.75) is 110 Å². The lowest BCUT2D eigenvalue weighted by atomic mass is 10.0. The van der Waals surface area contributed by atoms with E-state index in [1.165, 1.54) is 89.9 Å². The van der Waals surface area contributed by atoms with Gasteiger partial charge in [0.05, 0.1) is 13.0 Å². The molecule has 0 unspecified atom stereocenters. The Bertz CT molecular complexity index is 414. The summed E-state index contributed by atoms with van der Waals surface area (Å²) in [7, 11) is 0. The molecule has 0 amide bonds. The van der Waals surface area contributed by atoms with Crippen molar-refractivity contribution in [1.82, 2.24) is 0 Å². The zero-order valence-electron chi connectivity index (χ0n) is 17.0. The standard InChI is InChI=1S/C23H40O2S/c1-2-3-4-5-6-7-8-9-10-11-12-13-14-15-16-19-25-23(24)21-22-18-17-20-26-22/h17-18,20H,2-16,19,21H2,1H3. The zero-order valence-corrected chi connectivity index (χ0v) is 17.8. The van der Waals surface area contributed by atoms with Crippen molar-refractivity contribution in [3.8, 4) is 0 Å². The maximum absolute atomic E-state index is 11.6. The van der Waals surface area contributed by atoms with Crippen LogP contribution in [0.2, 0.25) is 0 Å². The Morgan fingerprint density at radius 1 is 0.808 bits per heavy atom. The van der Waals surface area contributed by atoms with Gasteiger partial charge in [0.15, 0.2) is 0 Å². The summed E-state index contributed by atoms with van der Waals surface area (Å²) in [5.41, 5.74) is 0. The topological polar surface area (TPSA) is 26.3 Å². The van der Waals surface area contributed by atoms with Gasteiger partial charge in [-0.1, -0.05) is 103 Å². The Labute approximate surface area is 165 Å². The summed E-state index contributed by atoms with van der Waals surface area (Å²) in [6, 6.07) is 3.96. The summed E-state index contributed by atoms with van der Waals surface area (Å²) in [6.07, 6.45) is 20.8. The normalized spacial score (nSPS) is 11.0. The van der Waals surface area contributed by atoms with E-state index in [0.717, 1.165) is 11.3 Å². The van der Waals surface area contributed by atoms with Crippen molar-refractivity contribution in [3.05, 3.63) is 22.4 Å². The highest BCUT2D eigenvalue weighted by Crippen LogP contribution is 2.13. The molecule has 2 nitrogen and oxygen atoms in total. The number of esters is 1. The zero-order chi connectivity index (χ0) is 18.7. The van der Waals surface area contributed by atoms with Crippen LogP contribution in [0.4, 0.5) is 0 Å². The molecule has 150 valence electrons. The second kappa shape index (κ2) is 17.6. The van der Waals surface area contributed by atoms with Crippen molar-refractivity contribution in [2.75, 3.05) is 6.61 Å².